The highest BCUT2D eigenvalue weighted by molar-refractivity contribution is 7.86. The van der Waals surface area contributed by atoms with Crippen LogP contribution in [-0.4, -0.2) is 49.8 Å². The summed E-state index contributed by atoms with van der Waals surface area (Å²) in [4.78, 5) is 0. The van der Waals surface area contributed by atoms with Gasteiger partial charge in [-0.1, -0.05) is 24.6 Å². The summed E-state index contributed by atoms with van der Waals surface area (Å²) < 4.78 is 32.3. The lowest BCUT2D eigenvalue weighted by atomic mass is 10.2. The summed E-state index contributed by atoms with van der Waals surface area (Å²) >= 11 is 5.86. The van der Waals surface area contributed by atoms with Gasteiger partial charge < -0.3 is 4.74 Å². The van der Waals surface area contributed by atoms with Gasteiger partial charge in [0.05, 0.1) is 13.1 Å². The van der Waals surface area contributed by atoms with Gasteiger partial charge in [-0.3, -0.25) is 0 Å². The normalized spacial score (nSPS) is 17.5. The molecule has 7 heteroatoms. The smallest absolute Gasteiger partial charge is 0.281 e. The predicted octanol–water partition coefficient (Wildman–Crippen LogP) is 1.60. The maximum absolute atomic E-state index is 12.0. The van der Waals surface area contributed by atoms with Crippen LogP contribution in [0, 0.1) is 0 Å². The quantitative estimate of drug-likeness (QED) is 0.830. The molecule has 106 valence electrons. The third-order valence-electron chi connectivity index (χ3n) is 3.08. The van der Waals surface area contributed by atoms with E-state index in [2.05, 4.69) is 0 Å². The topological polar surface area (TPSA) is 49.9 Å². The third kappa shape index (κ3) is 3.20. The van der Waals surface area contributed by atoms with Crippen molar-refractivity contribution in [3.63, 3.8) is 0 Å². The zero-order chi connectivity index (χ0) is 14.0. The van der Waals surface area contributed by atoms with Gasteiger partial charge in [-0.05, 0) is 18.2 Å². The molecule has 1 aromatic carbocycles. The van der Waals surface area contributed by atoms with Gasteiger partial charge in [-0.25, -0.2) is 0 Å². The largest absolute Gasteiger partial charge is 0.488 e. The monoisotopic (exact) mass is 304 g/mol. The standard InChI is InChI=1S/C12H17ClN2O3S/c1-3-14(2)19(16,17)15-8-12(9-15)18-11-6-4-5-10(13)7-11/h4-7,12H,3,8-9H2,1-2H3. The van der Waals surface area contributed by atoms with Crippen LogP contribution in [-0.2, 0) is 10.2 Å². The van der Waals surface area contributed by atoms with Crippen molar-refractivity contribution >= 4 is 21.8 Å². The molecule has 5 nitrogen and oxygen atoms in total. The van der Waals surface area contributed by atoms with Gasteiger partial charge in [0.2, 0.25) is 0 Å². The minimum atomic E-state index is -3.33. The van der Waals surface area contributed by atoms with Crippen LogP contribution in [0.3, 0.4) is 0 Å². The SMILES string of the molecule is CCN(C)S(=O)(=O)N1CC(Oc2cccc(Cl)c2)C1. The number of nitrogens with zero attached hydrogens (tertiary/aromatic N) is 2. The van der Waals surface area contributed by atoms with E-state index in [9.17, 15) is 8.42 Å². The van der Waals surface area contributed by atoms with Crippen molar-refractivity contribution < 1.29 is 13.2 Å². The molecule has 0 spiro atoms. The maximum atomic E-state index is 12.0. The molecule has 0 N–H and O–H groups in total. The Balaban J connectivity index is 1.90. The lowest BCUT2D eigenvalue weighted by Crippen LogP contribution is -2.59. The summed E-state index contributed by atoms with van der Waals surface area (Å²) in [5.74, 6) is 0.665. The molecule has 0 atom stereocenters. The maximum Gasteiger partial charge on any atom is 0.281 e. The van der Waals surface area contributed by atoms with Gasteiger partial charge >= 0.3 is 0 Å². The van der Waals surface area contributed by atoms with E-state index in [1.54, 1.807) is 38.2 Å². The number of hydrogen-bond donors (Lipinski definition) is 0. The molecule has 0 radical (unpaired) electrons. The number of rotatable bonds is 5. The Hall–Kier alpha value is -0.820. The summed E-state index contributed by atoms with van der Waals surface area (Å²) in [5.41, 5.74) is 0. The van der Waals surface area contributed by atoms with Gasteiger partial charge in [-0.15, -0.1) is 0 Å². The predicted molar refractivity (Wildman–Crippen MR) is 74.7 cm³/mol. The van der Waals surface area contributed by atoms with Crippen molar-refractivity contribution in [2.45, 2.75) is 13.0 Å². The fourth-order valence-corrected chi connectivity index (χ4v) is 3.37. The number of ether oxygens (including phenoxy) is 1. The fourth-order valence-electron chi connectivity index (χ4n) is 1.76. The van der Waals surface area contributed by atoms with Crippen LogP contribution in [0.5, 0.6) is 5.75 Å². The van der Waals surface area contributed by atoms with E-state index in [-0.39, 0.29) is 6.10 Å². The van der Waals surface area contributed by atoms with E-state index < -0.39 is 10.2 Å². The molecule has 1 aromatic rings. The summed E-state index contributed by atoms with van der Waals surface area (Å²) in [6.07, 6.45) is -0.113. The van der Waals surface area contributed by atoms with Crippen molar-refractivity contribution in [1.29, 1.82) is 0 Å². The summed E-state index contributed by atoms with van der Waals surface area (Å²) in [6, 6.07) is 7.09. The molecular weight excluding hydrogens is 288 g/mol. The Morgan fingerprint density at radius 3 is 2.74 bits per heavy atom. The lowest BCUT2D eigenvalue weighted by molar-refractivity contribution is 0.0722. The summed E-state index contributed by atoms with van der Waals surface area (Å²) in [7, 11) is -1.76. The number of hydrogen-bond acceptors (Lipinski definition) is 3. The van der Waals surface area contributed by atoms with Gasteiger partial charge in [0.15, 0.2) is 0 Å². The molecule has 0 unspecified atom stereocenters. The zero-order valence-electron chi connectivity index (χ0n) is 10.9. The molecule has 0 bridgehead atoms. The van der Waals surface area contributed by atoms with Crippen LogP contribution in [0.2, 0.25) is 5.02 Å². The van der Waals surface area contributed by atoms with Crippen LogP contribution >= 0.6 is 11.6 Å². The molecule has 1 saturated heterocycles. The van der Waals surface area contributed by atoms with Gasteiger partial charge in [0, 0.05) is 18.6 Å². The second-order valence-corrected chi connectivity index (χ2v) is 6.91. The molecule has 0 saturated carbocycles. The molecule has 0 amide bonds. The minimum absolute atomic E-state index is 0.113. The Morgan fingerprint density at radius 1 is 1.47 bits per heavy atom. The first kappa shape index (κ1) is 14.6. The molecule has 1 aliphatic heterocycles. The Bertz CT molecular complexity index is 544. The van der Waals surface area contributed by atoms with Crippen molar-refractivity contribution in [3.8, 4) is 5.75 Å². The third-order valence-corrected chi connectivity index (χ3v) is 5.31. The zero-order valence-corrected chi connectivity index (χ0v) is 12.5. The van der Waals surface area contributed by atoms with Crippen LogP contribution in [0.1, 0.15) is 6.92 Å². The molecule has 0 aromatic heterocycles. The first-order chi connectivity index (χ1) is 8.93. The second kappa shape index (κ2) is 5.66. The highest BCUT2D eigenvalue weighted by atomic mass is 35.5. The molecule has 1 aliphatic rings. The average Bonchev–Trinajstić information content (AvgIpc) is 2.32. The van der Waals surface area contributed by atoms with Crippen molar-refractivity contribution in [2.24, 2.45) is 0 Å². The van der Waals surface area contributed by atoms with Crippen LogP contribution in [0.4, 0.5) is 0 Å². The van der Waals surface area contributed by atoms with Crippen molar-refractivity contribution in [2.75, 3.05) is 26.7 Å². The molecule has 0 aliphatic carbocycles. The Morgan fingerprint density at radius 2 is 2.16 bits per heavy atom. The minimum Gasteiger partial charge on any atom is -0.488 e. The lowest BCUT2D eigenvalue weighted by Gasteiger charge is -2.39. The van der Waals surface area contributed by atoms with E-state index >= 15 is 0 Å². The molecule has 19 heavy (non-hydrogen) atoms. The van der Waals surface area contributed by atoms with Crippen LogP contribution in [0.15, 0.2) is 24.3 Å². The summed E-state index contributed by atoms with van der Waals surface area (Å²) in [5, 5.41) is 0.604. The fraction of sp³-hybridized carbons (Fsp3) is 0.500. The molecule has 1 fully saturated rings. The second-order valence-electron chi connectivity index (χ2n) is 4.44. The van der Waals surface area contributed by atoms with E-state index in [1.807, 2.05) is 0 Å². The highest BCUT2D eigenvalue weighted by Gasteiger charge is 2.38. The molecule has 1 heterocycles. The van der Waals surface area contributed by atoms with E-state index in [0.717, 1.165) is 0 Å². The van der Waals surface area contributed by atoms with Crippen LogP contribution < -0.4 is 4.74 Å². The average molecular weight is 305 g/mol. The van der Waals surface area contributed by atoms with E-state index in [4.69, 9.17) is 16.3 Å². The first-order valence-corrected chi connectivity index (χ1v) is 7.84. The Kier molecular flexibility index (Phi) is 4.35. The molecule has 2 rings (SSSR count). The van der Waals surface area contributed by atoms with Gasteiger partial charge in [-0.2, -0.15) is 17.0 Å². The first-order valence-electron chi connectivity index (χ1n) is 6.07. The van der Waals surface area contributed by atoms with Crippen molar-refractivity contribution in [1.82, 2.24) is 8.61 Å². The van der Waals surface area contributed by atoms with Gasteiger partial charge in [0.25, 0.3) is 10.2 Å². The van der Waals surface area contributed by atoms with E-state index in [1.165, 1.54) is 8.61 Å². The highest BCUT2D eigenvalue weighted by Crippen LogP contribution is 2.23. The van der Waals surface area contributed by atoms with Crippen LogP contribution in [0.25, 0.3) is 0 Å². The van der Waals surface area contributed by atoms with E-state index in [0.29, 0.717) is 30.4 Å². The Labute approximate surface area is 118 Å². The summed E-state index contributed by atoms with van der Waals surface area (Å²) in [6.45, 7) is 3.01. The number of halogens is 1. The van der Waals surface area contributed by atoms with Gasteiger partial charge in [0.1, 0.15) is 11.9 Å². The molecular formula is C12H17ClN2O3S. The van der Waals surface area contributed by atoms with Crippen molar-refractivity contribution in [3.05, 3.63) is 29.3 Å². The number of benzene rings is 1.